The van der Waals surface area contributed by atoms with Gasteiger partial charge < -0.3 is 9.84 Å². The van der Waals surface area contributed by atoms with Crippen LogP contribution >= 0.6 is 10.0 Å². The van der Waals surface area contributed by atoms with Crippen LogP contribution in [0.4, 0.5) is 0 Å². The minimum Gasteiger partial charge on any atom is -0.481 e. The molecule has 0 bridgehead atoms. The van der Waals surface area contributed by atoms with E-state index >= 15 is 0 Å². The van der Waals surface area contributed by atoms with Crippen LogP contribution in [0.1, 0.15) is 12.8 Å². The molecule has 1 heterocycles. The van der Waals surface area contributed by atoms with Crippen molar-refractivity contribution in [1.82, 2.24) is 15.0 Å². The van der Waals surface area contributed by atoms with Gasteiger partial charge in [-0.2, -0.15) is 0 Å². The van der Waals surface area contributed by atoms with E-state index in [9.17, 15) is 19.5 Å². The molecule has 0 aliphatic heterocycles. The SMILES string of the molecule is CS(C)(C)CCOC(=O)[C@H]1[C@H](Cn2nnc3ccccc3c2=O)CC[C@@H]1C(=O)O. The summed E-state index contributed by atoms with van der Waals surface area (Å²) in [6.45, 7) is 0.424. The highest BCUT2D eigenvalue weighted by molar-refractivity contribution is 8.32. The molecule has 29 heavy (non-hydrogen) atoms. The fourth-order valence-corrected chi connectivity index (χ4v) is 4.36. The standard InChI is InChI=1S/C20H27N3O5S/c1-29(2,3)11-10-28-20(27)17-13(8-9-15(17)19(25)26)12-23-18(24)14-6-4-5-7-16(14)21-22-23/h4-7,13,15,17H,8-12H2,1-3H3,(H,25,26)/t13-,15-,17-/m0/s1. The molecule has 0 spiro atoms. The number of hydrogen-bond donors (Lipinski definition) is 1. The van der Waals surface area contributed by atoms with Crippen LogP contribution in [0.5, 0.6) is 0 Å². The first-order valence-corrected chi connectivity index (χ1v) is 12.6. The number of carboxylic acids is 1. The Hall–Kier alpha value is -2.42. The number of fused-ring (bicyclic) bond motifs is 1. The Morgan fingerprint density at radius 2 is 1.97 bits per heavy atom. The topological polar surface area (TPSA) is 111 Å². The number of ether oxygens (including phenoxy) is 1. The van der Waals surface area contributed by atoms with E-state index in [1.807, 2.05) is 0 Å². The zero-order valence-corrected chi connectivity index (χ0v) is 17.7. The summed E-state index contributed by atoms with van der Waals surface area (Å²) >= 11 is 0. The molecular weight excluding hydrogens is 394 g/mol. The average molecular weight is 422 g/mol. The fraction of sp³-hybridized carbons (Fsp3) is 0.550. The normalized spacial score (nSPS) is 22.5. The quantitative estimate of drug-likeness (QED) is 0.678. The van der Waals surface area contributed by atoms with Crippen molar-refractivity contribution in [3.63, 3.8) is 0 Å². The number of rotatable bonds is 7. The molecule has 3 rings (SSSR count). The van der Waals surface area contributed by atoms with E-state index in [1.54, 1.807) is 24.3 Å². The van der Waals surface area contributed by atoms with E-state index < -0.39 is 33.8 Å². The summed E-state index contributed by atoms with van der Waals surface area (Å²) in [6, 6.07) is 6.92. The van der Waals surface area contributed by atoms with Gasteiger partial charge in [0.2, 0.25) is 0 Å². The number of esters is 1. The first-order valence-electron chi connectivity index (χ1n) is 9.55. The van der Waals surface area contributed by atoms with Crippen molar-refractivity contribution >= 4 is 32.9 Å². The molecule has 1 aromatic carbocycles. The maximum Gasteiger partial charge on any atom is 0.310 e. The van der Waals surface area contributed by atoms with E-state index in [0.717, 1.165) is 5.75 Å². The van der Waals surface area contributed by atoms with Crippen molar-refractivity contribution in [2.75, 3.05) is 31.1 Å². The molecule has 0 amide bonds. The lowest BCUT2D eigenvalue weighted by molar-refractivity contribution is -0.157. The van der Waals surface area contributed by atoms with Crippen LogP contribution in [0, 0.1) is 17.8 Å². The summed E-state index contributed by atoms with van der Waals surface area (Å²) in [5.74, 6) is -2.66. The Bertz CT molecular complexity index is 968. The number of aromatic nitrogens is 3. The van der Waals surface area contributed by atoms with Crippen molar-refractivity contribution in [1.29, 1.82) is 0 Å². The Morgan fingerprint density at radius 3 is 2.66 bits per heavy atom. The number of aliphatic carboxylic acids is 1. The predicted molar refractivity (Wildman–Crippen MR) is 112 cm³/mol. The van der Waals surface area contributed by atoms with E-state index in [2.05, 4.69) is 29.1 Å². The highest BCUT2D eigenvalue weighted by Crippen LogP contribution is 2.39. The van der Waals surface area contributed by atoms with Crippen LogP contribution < -0.4 is 5.56 Å². The second kappa shape index (κ2) is 8.52. The minimum absolute atomic E-state index is 0.144. The Balaban J connectivity index is 1.80. The second-order valence-corrected chi connectivity index (χ2v) is 13.0. The summed E-state index contributed by atoms with van der Waals surface area (Å²) in [5.41, 5.74) is 0.210. The smallest absolute Gasteiger partial charge is 0.310 e. The van der Waals surface area contributed by atoms with Crippen molar-refractivity contribution < 1.29 is 19.4 Å². The van der Waals surface area contributed by atoms with Crippen molar-refractivity contribution in [2.24, 2.45) is 17.8 Å². The summed E-state index contributed by atoms with van der Waals surface area (Å²) in [5, 5.41) is 18.1. The number of benzene rings is 1. The lowest BCUT2D eigenvalue weighted by Crippen LogP contribution is -2.36. The van der Waals surface area contributed by atoms with Crippen molar-refractivity contribution in [3.05, 3.63) is 34.6 Å². The average Bonchev–Trinajstić information content (AvgIpc) is 3.07. The summed E-state index contributed by atoms with van der Waals surface area (Å²) in [6.07, 6.45) is 7.28. The lowest BCUT2D eigenvalue weighted by Gasteiger charge is -2.26. The summed E-state index contributed by atoms with van der Waals surface area (Å²) in [7, 11) is -0.819. The molecule has 158 valence electrons. The van der Waals surface area contributed by atoms with Crippen LogP contribution in [0.2, 0.25) is 0 Å². The van der Waals surface area contributed by atoms with Crippen LogP contribution in [-0.2, 0) is 20.9 Å². The summed E-state index contributed by atoms with van der Waals surface area (Å²) < 4.78 is 6.68. The fourth-order valence-electron chi connectivity index (χ4n) is 3.77. The third-order valence-electron chi connectivity index (χ3n) is 5.36. The van der Waals surface area contributed by atoms with Crippen LogP contribution in [0.25, 0.3) is 10.9 Å². The molecule has 0 unspecified atom stereocenters. The van der Waals surface area contributed by atoms with Gasteiger partial charge in [-0.15, -0.1) is 5.10 Å². The van der Waals surface area contributed by atoms with Gasteiger partial charge >= 0.3 is 11.9 Å². The number of carbonyl (C=O) groups is 2. The number of nitrogens with zero attached hydrogens (tertiary/aromatic N) is 3. The van der Waals surface area contributed by atoms with Gasteiger partial charge in [-0.25, -0.2) is 14.7 Å². The predicted octanol–water partition coefficient (Wildman–Crippen LogP) is 1.76. The van der Waals surface area contributed by atoms with Crippen LogP contribution in [-0.4, -0.2) is 63.2 Å². The molecule has 9 heteroatoms. The molecule has 1 aromatic heterocycles. The van der Waals surface area contributed by atoms with Gasteiger partial charge in [0.05, 0.1) is 30.4 Å². The van der Waals surface area contributed by atoms with Gasteiger partial charge in [0, 0.05) is 5.75 Å². The Morgan fingerprint density at radius 1 is 1.24 bits per heavy atom. The third-order valence-corrected chi connectivity index (χ3v) is 6.75. The highest BCUT2D eigenvalue weighted by atomic mass is 32.3. The zero-order valence-electron chi connectivity index (χ0n) is 16.9. The van der Waals surface area contributed by atoms with Crippen molar-refractivity contribution in [2.45, 2.75) is 19.4 Å². The summed E-state index contributed by atoms with van der Waals surface area (Å²) in [4.78, 5) is 37.2. The molecule has 1 fully saturated rings. The van der Waals surface area contributed by atoms with Gasteiger partial charge in [-0.05, 0) is 49.7 Å². The molecule has 8 nitrogen and oxygen atoms in total. The molecule has 0 radical (unpaired) electrons. The second-order valence-electron chi connectivity index (χ2n) is 8.36. The lowest BCUT2D eigenvalue weighted by atomic mass is 9.89. The number of carboxylic acid groups (broad SMARTS) is 1. The van der Waals surface area contributed by atoms with Crippen molar-refractivity contribution in [3.8, 4) is 0 Å². The molecule has 1 N–H and O–H groups in total. The van der Waals surface area contributed by atoms with E-state index in [0.29, 0.717) is 23.7 Å². The molecule has 0 saturated heterocycles. The van der Waals surface area contributed by atoms with Gasteiger partial charge in [0.15, 0.2) is 0 Å². The monoisotopic (exact) mass is 421 g/mol. The van der Waals surface area contributed by atoms with Crippen LogP contribution in [0.15, 0.2) is 29.1 Å². The maximum absolute atomic E-state index is 12.7. The zero-order chi connectivity index (χ0) is 21.2. The maximum atomic E-state index is 12.7. The molecular formula is C20H27N3O5S. The van der Waals surface area contributed by atoms with E-state index in [4.69, 9.17) is 4.74 Å². The first kappa shape index (κ1) is 21.3. The molecule has 1 saturated carbocycles. The first-order chi connectivity index (χ1) is 13.7. The molecule has 2 aromatic rings. The minimum atomic E-state index is -1.01. The third kappa shape index (κ3) is 4.95. The van der Waals surface area contributed by atoms with Crippen LogP contribution in [0.3, 0.4) is 0 Å². The largest absolute Gasteiger partial charge is 0.481 e. The van der Waals surface area contributed by atoms with Gasteiger partial charge in [-0.1, -0.05) is 17.3 Å². The molecule has 1 aliphatic rings. The highest BCUT2D eigenvalue weighted by Gasteiger charge is 2.46. The van der Waals surface area contributed by atoms with Gasteiger partial charge in [-0.3, -0.25) is 14.4 Å². The Kier molecular flexibility index (Phi) is 6.26. The number of hydrogen-bond acceptors (Lipinski definition) is 6. The Labute approximate surface area is 170 Å². The van der Waals surface area contributed by atoms with Gasteiger partial charge in [0.25, 0.3) is 5.56 Å². The molecule has 3 atom stereocenters. The van der Waals surface area contributed by atoms with E-state index in [1.165, 1.54) is 4.68 Å². The van der Waals surface area contributed by atoms with Gasteiger partial charge in [0.1, 0.15) is 5.52 Å². The number of carbonyl (C=O) groups excluding carboxylic acids is 1. The molecule has 1 aliphatic carbocycles. The van der Waals surface area contributed by atoms with E-state index in [-0.39, 0.29) is 24.6 Å².